The van der Waals surface area contributed by atoms with Crippen LogP contribution in [0.25, 0.3) is 0 Å². The lowest BCUT2D eigenvalue weighted by molar-refractivity contribution is 0.271. The molecule has 1 aromatic rings. The van der Waals surface area contributed by atoms with Crippen molar-refractivity contribution in [3.05, 3.63) is 20.6 Å². The molecule has 1 rings (SSSR count). The summed E-state index contributed by atoms with van der Waals surface area (Å²) in [4.78, 5) is 0. The SMILES string of the molecule is CCCCOc1c(OCC)cc(/C=N/O)c(Br)c1Br. The molecule has 0 unspecified atom stereocenters. The lowest BCUT2D eigenvalue weighted by Crippen LogP contribution is -2.03. The second-order valence-electron chi connectivity index (χ2n) is 3.80. The molecular formula is C13H17Br2NO3. The Labute approximate surface area is 130 Å². The second kappa shape index (κ2) is 8.43. The zero-order valence-corrected chi connectivity index (χ0v) is 14.1. The maximum Gasteiger partial charge on any atom is 0.176 e. The molecule has 0 fully saturated rings. The predicted octanol–water partition coefficient (Wildman–Crippen LogP) is 4.60. The third kappa shape index (κ3) is 4.38. The number of oxime groups is 1. The number of rotatable bonds is 7. The summed E-state index contributed by atoms with van der Waals surface area (Å²) >= 11 is 6.92. The van der Waals surface area contributed by atoms with Crippen molar-refractivity contribution >= 4 is 38.1 Å². The molecule has 1 N–H and O–H groups in total. The van der Waals surface area contributed by atoms with Crippen LogP contribution in [0.15, 0.2) is 20.2 Å². The maximum atomic E-state index is 8.66. The number of ether oxygens (including phenoxy) is 2. The highest BCUT2D eigenvalue weighted by molar-refractivity contribution is 9.13. The van der Waals surface area contributed by atoms with E-state index in [0.717, 1.165) is 21.8 Å². The fourth-order valence-electron chi connectivity index (χ4n) is 1.48. The van der Waals surface area contributed by atoms with Gasteiger partial charge >= 0.3 is 0 Å². The number of hydrogen-bond donors (Lipinski definition) is 1. The minimum absolute atomic E-state index is 0.536. The Hall–Kier alpha value is -0.750. The van der Waals surface area contributed by atoms with Crippen molar-refractivity contribution in [2.45, 2.75) is 26.7 Å². The topological polar surface area (TPSA) is 51.0 Å². The van der Waals surface area contributed by atoms with Crippen LogP contribution in [0.4, 0.5) is 0 Å². The van der Waals surface area contributed by atoms with Gasteiger partial charge in [-0.2, -0.15) is 0 Å². The Morgan fingerprint density at radius 1 is 1.26 bits per heavy atom. The third-order valence-electron chi connectivity index (χ3n) is 2.40. The van der Waals surface area contributed by atoms with Crippen LogP contribution in [0.1, 0.15) is 32.3 Å². The van der Waals surface area contributed by atoms with Crippen LogP contribution < -0.4 is 9.47 Å². The van der Waals surface area contributed by atoms with Crippen molar-refractivity contribution in [3.8, 4) is 11.5 Å². The Morgan fingerprint density at radius 2 is 2.00 bits per heavy atom. The molecule has 4 nitrogen and oxygen atoms in total. The van der Waals surface area contributed by atoms with Crippen molar-refractivity contribution in [2.75, 3.05) is 13.2 Å². The molecule has 0 saturated heterocycles. The zero-order valence-electron chi connectivity index (χ0n) is 10.9. The molecule has 0 bridgehead atoms. The number of unbranched alkanes of at least 4 members (excludes halogenated alkanes) is 1. The first-order chi connectivity index (χ1) is 9.15. The molecule has 19 heavy (non-hydrogen) atoms. The maximum absolute atomic E-state index is 8.66. The Morgan fingerprint density at radius 3 is 2.58 bits per heavy atom. The van der Waals surface area contributed by atoms with Crippen molar-refractivity contribution in [1.29, 1.82) is 0 Å². The van der Waals surface area contributed by atoms with Crippen molar-refractivity contribution < 1.29 is 14.7 Å². The minimum Gasteiger partial charge on any atom is -0.490 e. The summed E-state index contributed by atoms with van der Waals surface area (Å²) < 4.78 is 12.9. The molecule has 0 aromatic heterocycles. The molecule has 0 saturated carbocycles. The normalized spacial score (nSPS) is 10.9. The van der Waals surface area contributed by atoms with Crippen LogP contribution in [0, 0.1) is 0 Å². The van der Waals surface area contributed by atoms with E-state index in [1.54, 1.807) is 6.07 Å². The van der Waals surface area contributed by atoms with Gasteiger partial charge in [-0.05, 0) is 51.3 Å². The Balaban J connectivity index is 3.15. The molecule has 6 heteroatoms. The van der Waals surface area contributed by atoms with Gasteiger partial charge in [0.25, 0.3) is 0 Å². The van der Waals surface area contributed by atoms with Crippen LogP contribution in [0.3, 0.4) is 0 Å². The van der Waals surface area contributed by atoms with Gasteiger partial charge < -0.3 is 14.7 Å². The largest absolute Gasteiger partial charge is 0.490 e. The average molecular weight is 395 g/mol. The molecule has 0 amide bonds. The molecule has 0 radical (unpaired) electrons. The van der Waals surface area contributed by atoms with Gasteiger partial charge in [0.05, 0.1) is 23.9 Å². The fourth-order valence-corrected chi connectivity index (χ4v) is 2.41. The molecule has 0 aliphatic rings. The van der Waals surface area contributed by atoms with E-state index in [4.69, 9.17) is 14.7 Å². The third-order valence-corrected chi connectivity index (χ3v) is 4.54. The molecule has 106 valence electrons. The predicted molar refractivity (Wildman–Crippen MR) is 82.8 cm³/mol. The monoisotopic (exact) mass is 393 g/mol. The first-order valence-electron chi connectivity index (χ1n) is 6.10. The van der Waals surface area contributed by atoms with E-state index in [1.807, 2.05) is 6.92 Å². The highest BCUT2D eigenvalue weighted by Gasteiger charge is 2.16. The average Bonchev–Trinajstić information content (AvgIpc) is 2.40. The lowest BCUT2D eigenvalue weighted by atomic mass is 10.2. The van der Waals surface area contributed by atoms with Gasteiger partial charge in [0.2, 0.25) is 0 Å². The summed E-state index contributed by atoms with van der Waals surface area (Å²) in [7, 11) is 0. The van der Waals surface area contributed by atoms with Gasteiger partial charge in [0, 0.05) is 10.0 Å². The first-order valence-corrected chi connectivity index (χ1v) is 7.69. The van der Waals surface area contributed by atoms with Gasteiger partial charge in [0.15, 0.2) is 11.5 Å². The fraction of sp³-hybridized carbons (Fsp3) is 0.462. The summed E-state index contributed by atoms with van der Waals surface area (Å²) in [6.07, 6.45) is 3.39. The summed E-state index contributed by atoms with van der Waals surface area (Å²) in [5.41, 5.74) is 0.709. The first kappa shape index (κ1) is 16.3. The summed E-state index contributed by atoms with van der Waals surface area (Å²) in [5.74, 6) is 1.29. The van der Waals surface area contributed by atoms with Gasteiger partial charge in [-0.15, -0.1) is 0 Å². The molecule has 0 aliphatic carbocycles. The molecule has 1 aromatic carbocycles. The smallest absolute Gasteiger partial charge is 0.176 e. The van der Waals surface area contributed by atoms with Crippen LogP contribution >= 0.6 is 31.9 Å². The highest BCUT2D eigenvalue weighted by atomic mass is 79.9. The number of halogens is 2. The van der Waals surface area contributed by atoms with Gasteiger partial charge in [0.1, 0.15) is 0 Å². The van der Waals surface area contributed by atoms with E-state index in [0.29, 0.717) is 30.3 Å². The quantitative estimate of drug-likeness (QED) is 0.318. The second-order valence-corrected chi connectivity index (χ2v) is 5.39. The molecule has 0 spiro atoms. The Kier molecular flexibility index (Phi) is 7.23. The number of benzene rings is 1. The standard InChI is InChI=1S/C13H17Br2NO3/c1-3-5-6-19-13-10(18-4-2)7-9(8-16-17)11(14)12(13)15/h7-8,17H,3-6H2,1-2H3/b16-8+. The molecule has 0 heterocycles. The van der Waals surface area contributed by atoms with Gasteiger partial charge in [-0.3, -0.25) is 0 Å². The highest BCUT2D eigenvalue weighted by Crippen LogP contribution is 2.42. The van der Waals surface area contributed by atoms with Crippen molar-refractivity contribution in [3.63, 3.8) is 0 Å². The summed E-state index contributed by atoms with van der Waals surface area (Å²) in [5, 5.41) is 11.7. The van der Waals surface area contributed by atoms with Crippen LogP contribution in [0.2, 0.25) is 0 Å². The zero-order chi connectivity index (χ0) is 14.3. The molecule has 0 aliphatic heterocycles. The Bertz CT molecular complexity index is 450. The van der Waals surface area contributed by atoms with E-state index in [9.17, 15) is 0 Å². The van der Waals surface area contributed by atoms with E-state index in [1.165, 1.54) is 6.21 Å². The van der Waals surface area contributed by atoms with Crippen molar-refractivity contribution in [2.24, 2.45) is 5.16 Å². The van der Waals surface area contributed by atoms with Crippen LogP contribution in [0.5, 0.6) is 11.5 Å². The van der Waals surface area contributed by atoms with Gasteiger partial charge in [-0.25, -0.2) is 0 Å². The van der Waals surface area contributed by atoms with Crippen LogP contribution in [-0.4, -0.2) is 24.6 Å². The molecule has 0 atom stereocenters. The van der Waals surface area contributed by atoms with Gasteiger partial charge in [-0.1, -0.05) is 18.5 Å². The van der Waals surface area contributed by atoms with E-state index in [-0.39, 0.29) is 0 Å². The van der Waals surface area contributed by atoms with Crippen molar-refractivity contribution in [1.82, 2.24) is 0 Å². The van der Waals surface area contributed by atoms with E-state index < -0.39 is 0 Å². The van der Waals surface area contributed by atoms with E-state index in [2.05, 4.69) is 43.9 Å². The van der Waals surface area contributed by atoms with E-state index >= 15 is 0 Å². The summed E-state index contributed by atoms with van der Waals surface area (Å²) in [6.45, 7) is 5.19. The summed E-state index contributed by atoms with van der Waals surface area (Å²) in [6, 6.07) is 1.78. The molecular weight excluding hydrogens is 378 g/mol. The number of nitrogens with zero attached hydrogens (tertiary/aromatic N) is 1. The lowest BCUT2D eigenvalue weighted by Gasteiger charge is -2.16. The van der Waals surface area contributed by atoms with Crippen LogP contribution in [-0.2, 0) is 0 Å². The minimum atomic E-state index is 0.536. The number of hydrogen-bond acceptors (Lipinski definition) is 4.